The second kappa shape index (κ2) is 13.5. The molecule has 8 nitrogen and oxygen atoms in total. The van der Waals surface area contributed by atoms with Gasteiger partial charge in [-0.05, 0) is 49.7 Å². The van der Waals surface area contributed by atoms with Crippen molar-refractivity contribution in [3.05, 3.63) is 94.8 Å². The minimum atomic E-state index is -0.379. The Morgan fingerprint density at radius 3 is 2.54 bits per heavy atom. The van der Waals surface area contributed by atoms with Gasteiger partial charge in [-0.3, -0.25) is 0 Å². The predicted molar refractivity (Wildman–Crippen MR) is 159 cm³/mol. The van der Waals surface area contributed by atoms with Gasteiger partial charge in [-0.1, -0.05) is 47.6 Å². The van der Waals surface area contributed by atoms with Crippen molar-refractivity contribution in [3.8, 4) is 33.5 Å². The molecule has 0 bridgehead atoms. The van der Waals surface area contributed by atoms with Gasteiger partial charge in [0.25, 0.3) is 0 Å². The Balaban J connectivity index is 1.30. The van der Waals surface area contributed by atoms with E-state index in [0.29, 0.717) is 36.4 Å². The van der Waals surface area contributed by atoms with Crippen LogP contribution in [0.4, 0.5) is 0 Å². The van der Waals surface area contributed by atoms with Crippen molar-refractivity contribution in [2.45, 2.75) is 38.0 Å². The van der Waals surface area contributed by atoms with E-state index in [2.05, 4.69) is 28.3 Å². The number of thioether (sulfide) groups is 1. The molecule has 0 aliphatic carbocycles. The average Bonchev–Trinajstić information content (AvgIpc) is 3.61. The molecule has 10 heteroatoms. The monoisotopic (exact) mass is 587 g/mol. The summed E-state index contributed by atoms with van der Waals surface area (Å²) in [5, 5.41) is 4.96. The first kappa shape index (κ1) is 28.4. The summed E-state index contributed by atoms with van der Waals surface area (Å²) in [6, 6.07) is 23.7. The quantitative estimate of drug-likeness (QED) is 0.110. The number of thiazole rings is 1. The molecule has 0 fully saturated rings. The highest BCUT2D eigenvalue weighted by Gasteiger charge is 2.15. The van der Waals surface area contributed by atoms with Crippen molar-refractivity contribution in [1.29, 1.82) is 0 Å². The fourth-order valence-corrected chi connectivity index (χ4v) is 6.13. The summed E-state index contributed by atoms with van der Waals surface area (Å²) in [6.45, 7) is 6.06. The summed E-state index contributed by atoms with van der Waals surface area (Å²) in [6.07, 6.45) is 0. The number of ether oxygens (including phenoxy) is 3. The summed E-state index contributed by atoms with van der Waals surface area (Å²) in [5.74, 6) is 2.76. The molecule has 5 rings (SSSR count). The van der Waals surface area contributed by atoms with E-state index in [9.17, 15) is 4.79 Å². The summed E-state index contributed by atoms with van der Waals surface area (Å²) in [7, 11) is 0. The largest absolute Gasteiger partial charge is 0.487 e. The van der Waals surface area contributed by atoms with Crippen LogP contribution >= 0.6 is 23.1 Å². The molecule has 41 heavy (non-hydrogen) atoms. The number of nitrogens with zero attached hydrogens (tertiary/aromatic N) is 3. The number of aryl methyl sites for hydroxylation is 2. The first-order chi connectivity index (χ1) is 20.0. The molecule has 5 aromatic rings. The van der Waals surface area contributed by atoms with Gasteiger partial charge in [0.15, 0.2) is 6.61 Å². The van der Waals surface area contributed by atoms with Crippen molar-refractivity contribution < 1.29 is 23.5 Å². The lowest BCUT2D eigenvalue weighted by molar-refractivity contribution is -0.145. The maximum atomic E-state index is 11.6. The zero-order chi connectivity index (χ0) is 28.6. The molecule has 0 radical (unpaired) electrons. The second-order valence-corrected chi connectivity index (χ2v) is 11.2. The zero-order valence-electron chi connectivity index (χ0n) is 23.0. The van der Waals surface area contributed by atoms with Gasteiger partial charge in [0.2, 0.25) is 11.7 Å². The molecule has 0 atom stereocenters. The Morgan fingerprint density at radius 2 is 1.78 bits per heavy atom. The Kier molecular flexibility index (Phi) is 9.33. The van der Waals surface area contributed by atoms with E-state index < -0.39 is 0 Å². The van der Waals surface area contributed by atoms with Crippen molar-refractivity contribution in [2.75, 3.05) is 13.2 Å². The van der Waals surface area contributed by atoms with Crippen LogP contribution in [-0.4, -0.2) is 34.3 Å². The van der Waals surface area contributed by atoms with Crippen LogP contribution in [0.5, 0.6) is 11.5 Å². The van der Waals surface area contributed by atoms with Crippen LogP contribution in [-0.2, 0) is 21.9 Å². The summed E-state index contributed by atoms with van der Waals surface area (Å²) in [5.41, 5.74) is 3.74. The number of rotatable bonds is 12. The molecular weight excluding hydrogens is 558 g/mol. The summed E-state index contributed by atoms with van der Waals surface area (Å²) in [4.78, 5) is 23.1. The highest BCUT2D eigenvalue weighted by Crippen LogP contribution is 2.35. The molecular formula is C31H29N3O5S2. The zero-order valence-corrected chi connectivity index (χ0v) is 24.6. The average molecular weight is 588 g/mol. The van der Waals surface area contributed by atoms with E-state index in [4.69, 9.17) is 23.7 Å². The van der Waals surface area contributed by atoms with Crippen LogP contribution in [0.3, 0.4) is 0 Å². The minimum Gasteiger partial charge on any atom is -0.487 e. The van der Waals surface area contributed by atoms with Crippen LogP contribution in [0.2, 0.25) is 0 Å². The second-order valence-electron chi connectivity index (χ2n) is 9.02. The Bertz CT molecular complexity index is 1620. The van der Waals surface area contributed by atoms with Crippen molar-refractivity contribution >= 4 is 29.1 Å². The normalized spacial score (nSPS) is 10.9. The molecule has 0 spiro atoms. The molecule has 0 aliphatic heterocycles. The molecule has 3 aromatic carbocycles. The molecule has 0 amide bonds. The van der Waals surface area contributed by atoms with Gasteiger partial charge in [-0.15, -0.1) is 23.1 Å². The van der Waals surface area contributed by atoms with Crippen LogP contribution in [0.1, 0.15) is 28.9 Å². The number of carbonyl (C=O) groups excluding carboxylic acids is 1. The fraction of sp³-hybridized carbons (Fsp3) is 0.226. The van der Waals surface area contributed by atoms with E-state index in [1.54, 1.807) is 36.9 Å². The molecule has 0 aliphatic rings. The first-order valence-electron chi connectivity index (χ1n) is 13.1. The Hall–Kier alpha value is -4.15. The van der Waals surface area contributed by atoms with Gasteiger partial charge in [-0.2, -0.15) is 4.98 Å². The highest BCUT2D eigenvalue weighted by atomic mass is 32.2. The SMILES string of the molecule is CCOC(=O)COc1ccc(SCc2sc(-c3ccccc3)nc2COc2cccc(-c3noc(C)n3)c2)cc1C. The third-order valence-corrected chi connectivity index (χ3v) is 8.31. The van der Waals surface area contributed by atoms with Crippen LogP contribution in [0.25, 0.3) is 22.0 Å². The number of hydrogen-bond acceptors (Lipinski definition) is 10. The molecule has 2 heterocycles. The number of aromatic nitrogens is 3. The highest BCUT2D eigenvalue weighted by molar-refractivity contribution is 7.98. The standard InChI is InChI=1S/C31H29N3O5S2/c1-4-36-29(35)18-38-27-14-13-25(15-20(27)2)40-19-28-26(33-31(41-28)22-9-6-5-7-10-22)17-37-24-12-8-11-23(16-24)30-32-21(3)39-34-30/h5-16H,4,17-19H2,1-3H3. The van der Waals surface area contributed by atoms with E-state index in [-0.39, 0.29) is 12.6 Å². The van der Waals surface area contributed by atoms with E-state index in [0.717, 1.165) is 42.9 Å². The number of hydrogen-bond donors (Lipinski definition) is 0. The fourth-order valence-electron chi connectivity index (χ4n) is 3.97. The maximum absolute atomic E-state index is 11.6. The van der Waals surface area contributed by atoms with E-state index in [1.807, 2.05) is 61.5 Å². The molecule has 2 aromatic heterocycles. The van der Waals surface area contributed by atoms with Crippen LogP contribution in [0, 0.1) is 13.8 Å². The van der Waals surface area contributed by atoms with Crippen LogP contribution in [0.15, 0.2) is 82.2 Å². The minimum absolute atomic E-state index is 0.106. The maximum Gasteiger partial charge on any atom is 0.344 e. The number of benzene rings is 3. The van der Waals surface area contributed by atoms with Gasteiger partial charge in [0, 0.05) is 33.6 Å². The summed E-state index contributed by atoms with van der Waals surface area (Å²) >= 11 is 3.39. The van der Waals surface area contributed by atoms with Gasteiger partial charge in [0.05, 0.1) is 12.3 Å². The van der Waals surface area contributed by atoms with Gasteiger partial charge < -0.3 is 18.7 Å². The van der Waals surface area contributed by atoms with Gasteiger partial charge in [-0.25, -0.2) is 9.78 Å². The third kappa shape index (κ3) is 7.53. The van der Waals surface area contributed by atoms with Crippen molar-refractivity contribution in [1.82, 2.24) is 15.1 Å². The van der Waals surface area contributed by atoms with Gasteiger partial charge >= 0.3 is 5.97 Å². The summed E-state index contributed by atoms with van der Waals surface area (Å²) < 4.78 is 21.9. The lowest BCUT2D eigenvalue weighted by atomic mass is 10.2. The van der Waals surface area contributed by atoms with Crippen molar-refractivity contribution in [2.24, 2.45) is 0 Å². The van der Waals surface area contributed by atoms with Crippen molar-refractivity contribution in [3.63, 3.8) is 0 Å². The van der Waals surface area contributed by atoms with Crippen LogP contribution < -0.4 is 9.47 Å². The molecule has 0 saturated carbocycles. The molecule has 0 saturated heterocycles. The number of carbonyl (C=O) groups is 1. The third-order valence-electron chi connectivity index (χ3n) is 5.96. The van der Waals surface area contributed by atoms with Gasteiger partial charge in [0.1, 0.15) is 23.1 Å². The molecule has 0 unspecified atom stereocenters. The first-order valence-corrected chi connectivity index (χ1v) is 14.9. The lowest BCUT2D eigenvalue weighted by Crippen LogP contribution is -2.14. The molecule has 0 N–H and O–H groups in total. The molecule has 210 valence electrons. The smallest absolute Gasteiger partial charge is 0.344 e. The Morgan fingerprint density at radius 1 is 0.951 bits per heavy atom. The topological polar surface area (TPSA) is 96.6 Å². The van der Waals surface area contributed by atoms with E-state index >= 15 is 0 Å². The Labute approximate surface area is 246 Å². The van der Waals surface area contributed by atoms with E-state index in [1.165, 1.54) is 0 Å². The lowest BCUT2D eigenvalue weighted by Gasteiger charge is -2.10. The number of esters is 1. The predicted octanol–water partition coefficient (Wildman–Crippen LogP) is 7.29.